The molecule has 6 nitrogen and oxygen atoms in total. The fraction of sp³-hybridized carbons (Fsp3) is 0.0556. The molecule has 3 rings (SSSR count). The SMILES string of the molecule is O=C(COc1cccc(Oc2ccccn2)c1)Nc1cccnc1. The molecule has 6 heteroatoms. The normalized spacial score (nSPS) is 10.0. The van der Waals surface area contributed by atoms with Gasteiger partial charge in [0, 0.05) is 24.5 Å². The van der Waals surface area contributed by atoms with Crippen LogP contribution < -0.4 is 14.8 Å². The van der Waals surface area contributed by atoms with Crippen LogP contribution in [-0.2, 0) is 4.79 Å². The number of ether oxygens (including phenoxy) is 2. The molecular formula is C18H15N3O3. The van der Waals surface area contributed by atoms with Gasteiger partial charge in [0.05, 0.1) is 11.9 Å². The third kappa shape index (κ3) is 4.54. The monoisotopic (exact) mass is 321 g/mol. The van der Waals surface area contributed by atoms with Crippen LogP contribution >= 0.6 is 0 Å². The number of hydrogen-bond donors (Lipinski definition) is 1. The third-order valence-electron chi connectivity index (χ3n) is 2.98. The molecule has 2 heterocycles. The van der Waals surface area contributed by atoms with Crippen LogP contribution in [0.3, 0.4) is 0 Å². The lowest BCUT2D eigenvalue weighted by atomic mass is 10.3. The van der Waals surface area contributed by atoms with Gasteiger partial charge in [0.25, 0.3) is 5.91 Å². The van der Waals surface area contributed by atoms with Crippen molar-refractivity contribution < 1.29 is 14.3 Å². The Morgan fingerprint density at radius 1 is 1.00 bits per heavy atom. The average Bonchev–Trinajstić information content (AvgIpc) is 2.62. The Balaban J connectivity index is 1.55. The van der Waals surface area contributed by atoms with Gasteiger partial charge in [-0.15, -0.1) is 0 Å². The highest BCUT2D eigenvalue weighted by molar-refractivity contribution is 5.91. The van der Waals surface area contributed by atoms with E-state index in [0.717, 1.165) is 0 Å². The fourth-order valence-corrected chi connectivity index (χ4v) is 1.94. The first kappa shape index (κ1) is 15.5. The summed E-state index contributed by atoms with van der Waals surface area (Å²) in [5.74, 6) is 1.34. The Labute approximate surface area is 139 Å². The number of anilines is 1. The summed E-state index contributed by atoms with van der Waals surface area (Å²) >= 11 is 0. The van der Waals surface area contributed by atoms with Crippen molar-refractivity contribution in [3.8, 4) is 17.4 Å². The lowest BCUT2D eigenvalue weighted by Crippen LogP contribution is -2.20. The van der Waals surface area contributed by atoms with E-state index in [9.17, 15) is 4.79 Å². The van der Waals surface area contributed by atoms with Gasteiger partial charge in [-0.2, -0.15) is 0 Å². The van der Waals surface area contributed by atoms with E-state index < -0.39 is 0 Å². The molecule has 0 radical (unpaired) electrons. The molecule has 0 unspecified atom stereocenters. The summed E-state index contributed by atoms with van der Waals surface area (Å²) in [5.41, 5.74) is 0.623. The van der Waals surface area contributed by atoms with E-state index in [2.05, 4.69) is 15.3 Å². The van der Waals surface area contributed by atoms with Gasteiger partial charge >= 0.3 is 0 Å². The summed E-state index contributed by atoms with van der Waals surface area (Å²) in [7, 11) is 0. The summed E-state index contributed by atoms with van der Waals surface area (Å²) in [6, 6.07) is 15.9. The molecule has 1 N–H and O–H groups in total. The summed E-state index contributed by atoms with van der Waals surface area (Å²) in [5, 5.41) is 2.70. The molecule has 0 bridgehead atoms. The number of rotatable bonds is 6. The second kappa shape index (κ2) is 7.73. The number of benzene rings is 1. The highest BCUT2D eigenvalue weighted by Gasteiger charge is 2.05. The molecule has 24 heavy (non-hydrogen) atoms. The molecule has 0 aliphatic heterocycles. The summed E-state index contributed by atoms with van der Waals surface area (Å²) in [6.45, 7) is -0.109. The Kier molecular flexibility index (Phi) is 4.99. The van der Waals surface area contributed by atoms with Crippen molar-refractivity contribution >= 4 is 11.6 Å². The second-order valence-corrected chi connectivity index (χ2v) is 4.82. The zero-order valence-electron chi connectivity index (χ0n) is 12.8. The van der Waals surface area contributed by atoms with Crippen LogP contribution in [0.15, 0.2) is 73.2 Å². The number of amides is 1. The maximum Gasteiger partial charge on any atom is 0.262 e. The number of pyridine rings is 2. The standard InChI is InChI=1S/C18H15N3O3/c22-17(21-14-5-4-9-19-12-14)13-23-15-6-3-7-16(11-15)24-18-8-1-2-10-20-18/h1-12H,13H2,(H,21,22). The molecule has 0 saturated heterocycles. The molecule has 0 aliphatic rings. The van der Waals surface area contributed by atoms with E-state index in [4.69, 9.17) is 9.47 Å². The van der Waals surface area contributed by atoms with E-state index in [1.807, 2.05) is 12.1 Å². The van der Waals surface area contributed by atoms with Crippen molar-refractivity contribution in [1.29, 1.82) is 0 Å². The van der Waals surface area contributed by atoms with Gasteiger partial charge in [-0.1, -0.05) is 12.1 Å². The van der Waals surface area contributed by atoms with Gasteiger partial charge in [0.2, 0.25) is 5.88 Å². The van der Waals surface area contributed by atoms with E-state index in [1.54, 1.807) is 61.1 Å². The molecule has 0 spiro atoms. The molecule has 0 saturated carbocycles. The van der Waals surface area contributed by atoms with Crippen LogP contribution in [0.5, 0.6) is 17.4 Å². The van der Waals surface area contributed by atoms with Crippen LogP contribution in [0.2, 0.25) is 0 Å². The number of nitrogens with one attached hydrogen (secondary N) is 1. The number of nitrogens with zero attached hydrogens (tertiary/aromatic N) is 2. The summed E-state index contributed by atoms with van der Waals surface area (Å²) in [6.07, 6.45) is 4.86. The molecule has 0 atom stereocenters. The minimum Gasteiger partial charge on any atom is -0.484 e. The van der Waals surface area contributed by atoms with Gasteiger partial charge < -0.3 is 14.8 Å². The molecule has 1 aromatic carbocycles. The molecule has 2 aromatic heterocycles. The number of hydrogen-bond acceptors (Lipinski definition) is 5. The largest absolute Gasteiger partial charge is 0.484 e. The lowest BCUT2D eigenvalue weighted by molar-refractivity contribution is -0.118. The van der Waals surface area contributed by atoms with Crippen LogP contribution in [0.1, 0.15) is 0 Å². The average molecular weight is 321 g/mol. The van der Waals surface area contributed by atoms with E-state index >= 15 is 0 Å². The maximum atomic E-state index is 11.9. The second-order valence-electron chi connectivity index (χ2n) is 4.82. The Morgan fingerprint density at radius 3 is 2.71 bits per heavy atom. The van der Waals surface area contributed by atoms with Crippen LogP contribution in [-0.4, -0.2) is 22.5 Å². The van der Waals surface area contributed by atoms with Crippen LogP contribution in [0, 0.1) is 0 Å². The maximum absolute atomic E-state index is 11.9. The smallest absolute Gasteiger partial charge is 0.262 e. The topological polar surface area (TPSA) is 73.3 Å². The van der Waals surface area contributed by atoms with Crippen molar-refractivity contribution in [2.24, 2.45) is 0 Å². The number of carbonyl (C=O) groups excluding carboxylic acids is 1. The van der Waals surface area contributed by atoms with Gasteiger partial charge in [0.15, 0.2) is 6.61 Å². The molecule has 0 aliphatic carbocycles. The van der Waals surface area contributed by atoms with Gasteiger partial charge in [-0.3, -0.25) is 9.78 Å². The highest BCUT2D eigenvalue weighted by Crippen LogP contribution is 2.23. The summed E-state index contributed by atoms with van der Waals surface area (Å²) in [4.78, 5) is 19.9. The van der Waals surface area contributed by atoms with Crippen molar-refractivity contribution in [2.45, 2.75) is 0 Å². The van der Waals surface area contributed by atoms with Crippen molar-refractivity contribution in [3.63, 3.8) is 0 Å². The predicted octanol–water partition coefficient (Wildman–Crippen LogP) is 3.29. The minimum absolute atomic E-state index is 0.109. The highest BCUT2D eigenvalue weighted by atomic mass is 16.5. The fourth-order valence-electron chi connectivity index (χ4n) is 1.94. The first-order chi connectivity index (χ1) is 11.8. The van der Waals surface area contributed by atoms with Gasteiger partial charge in [0.1, 0.15) is 11.5 Å². The Morgan fingerprint density at radius 2 is 1.92 bits per heavy atom. The van der Waals surface area contributed by atoms with Crippen LogP contribution in [0.25, 0.3) is 0 Å². The Hall–Kier alpha value is -3.41. The molecule has 1 amide bonds. The quantitative estimate of drug-likeness (QED) is 0.754. The molecular weight excluding hydrogens is 306 g/mol. The third-order valence-corrected chi connectivity index (χ3v) is 2.98. The zero-order valence-corrected chi connectivity index (χ0v) is 12.8. The van der Waals surface area contributed by atoms with Crippen molar-refractivity contribution in [3.05, 3.63) is 73.2 Å². The van der Waals surface area contributed by atoms with Gasteiger partial charge in [-0.05, 0) is 30.3 Å². The van der Waals surface area contributed by atoms with Crippen molar-refractivity contribution in [2.75, 3.05) is 11.9 Å². The van der Waals surface area contributed by atoms with Gasteiger partial charge in [-0.25, -0.2) is 4.98 Å². The number of aromatic nitrogens is 2. The first-order valence-electron chi connectivity index (χ1n) is 7.31. The van der Waals surface area contributed by atoms with E-state index in [1.165, 1.54) is 0 Å². The van der Waals surface area contributed by atoms with E-state index in [0.29, 0.717) is 23.1 Å². The molecule has 120 valence electrons. The lowest BCUT2D eigenvalue weighted by Gasteiger charge is -2.09. The van der Waals surface area contributed by atoms with Crippen LogP contribution in [0.4, 0.5) is 5.69 Å². The first-order valence-corrected chi connectivity index (χ1v) is 7.31. The molecule has 3 aromatic rings. The summed E-state index contributed by atoms with van der Waals surface area (Å²) < 4.78 is 11.1. The Bertz CT molecular complexity index is 795. The molecule has 0 fully saturated rings. The zero-order chi connectivity index (χ0) is 16.6. The van der Waals surface area contributed by atoms with Crippen molar-refractivity contribution in [1.82, 2.24) is 9.97 Å². The predicted molar refractivity (Wildman–Crippen MR) is 89.1 cm³/mol. The minimum atomic E-state index is -0.265. The number of carbonyl (C=O) groups is 1. The van der Waals surface area contributed by atoms with E-state index in [-0.39, 0.29) is 12.5 Å².